The van der Waals surface area contributed by atoms with Gasteiger partial charge in [-0.3, -0.25) is 0 Å². The summed E-state index contributed by atoms with van der Waals surface area (Å²) >= 11 is 11.9. The molecule has 2 nitrogen and oxygen atoms in total. The monoisotopic (exact) mass is 262 g/mol. The van der Waals surface area contributed by atoms with Crippen molar-refractivity contribution >= 4 is 23.2 Å². The molecule has 16 heavy (non-hydrogen) atoms. The number of aliphatic hydroxyl groups is 1. The van der Waals surface area contributed by atoms with Crippen LogP contribution in [0.15, 0.2) is 18.2 Å². The second-order valence-corrected chi connectivity index (χ2v) is 4.35. The summed E-state index contributed by atoms with van der Waals surface area (Å²) in [5.41, 5.74) is 0. The van der Waals surface area contributed by atoms with E-state index in [9.17, 15) is 0 Å². The topological polar surface area (TPSA) is 29.5 Å². The van der Waals surface area contributed by atoms with Crippen molar-refractivity contribution in [1.82, 2.24) is 0 Å². The molecule has 0 amide bonds. The standard InChI is InChI=1S/C12H16Cl2O2/c13-10-6-5-7-11(14)12(10)16-9-4-2-1-3-8-15/h5-7,15H,1-4,8-9H2. The van der Waals surface area contributed by atoms with Crippen molar-refractivity contribution in [3.63, 3.8) is 0 Å². The number of hydrogen-bond donors (Lipinski definition) is 1. The Morgan fingerprint density at radius 3 is 2.25 bits per heavy atom. The molecule has 1 rings (SSSR count). The Morgan fingerprint density at radius 1 is 1.00 bits per heavy atom. The number of benzene rings is 1. The predicted octanol–water partition coefficient (Wildman–Crippen LogP) is 3.92. The van der Waals surface area contributed by atoms with Crippen LogP contribution in [0.1, 0.15) is 25.7 Å². The van der Waals surface area contributed by atoms with E-state index in [1.165, 1.54) is 0 Å². The lowest BCUT2D eigenvalue weighted by atomic mass is 10.2. The van der Waals surface area contributed by atoms with E-state index in [1.807, 2.05) is 0 Å². The van der Waals surface area contributed by atoms with Gasteiger partial charge in [-0.05, 0) is 31.4 Å². The summed E-state index contributed by atoms with van der Waals surface area (Å²) in [6.07, 6.45) is 3.87. The Bertz CT molecular complexity index is 296. The van der Waals surface area contributed by atoms with Gasteiger partial charge in [0.05, 0.1) is 16.7 Å². The zero-order valence-electron chi connectivity index (χ0n) is 9.09. The average Bonchev–Trinajstić information content (AvgIpc) is 2.26. The fourth-order valence-corrected chi connectivity index (χ4v) is 1.87. The summed E-state index contributed by atoms with van der Waals surface area (Å²) in [4.78, 5) is 0. The molecule has 1 N–H and O–H groups in total. The van der Waals surface area contributed by atoms with Gasteiger partial charge in [0.15, 0.2) is 5.75 Å². The average molecular weight is 263 g/mol. The van der Waals surface area contributed by atoms with E-state index >= 15 is 0 Å². The summed E-state index contributed by atoms with van der Waals surface area (Å²) < 4.78 is 5.52. The van der Waals surface area contributed by atoms with Crippen molar-refractivity contribution in [2.24, 2.45) is 0 Å². The van der Waals surface area contributed by atoms with Crippen LogP contribution < -0.4 is 4.74 Å². The largest absolute Gasteiger partial charge is 0.490 e. The molecule has 0 spiro atoms. The Morgan fingerprint density at radius 2 is 1.62 bits per heavy atom. The van der Waals surface area contributed by atoms with E-state index in [2.05, 4.69) is 0 Å². The maximum Gasteiger partial charge on any atom is 0.156 e. The molecule has 0 aliphatic rings. The molecular weight excluding hydrogens is 247 g/mol. The Labute approximate surface area is 106 Å². The third-order valence-electron chi connectivity index (χ3n) is 2.22. The van der Waals surface area contributed by atoms with Crippen molar-refractivity contribution in [1.29, 1.82) is 0 Å². The third kappa shape index (κ3) is 4.60. The van der Waals surface area contributed by atoms with E-state index < -0.39 is 0 Å². The highest BCUT2D eigenvalue weighted by atomic mass is 35.5. The molecule has 0 unspecified atom stereocenters. The molecular formula is C12H16Cl2O2. The summed E-state index contributed by atoms with van der Waals surface area (Å²) in [5, 5.41) is 9.70. The maximum atomic E-state index is 8.61. The molecule has 0 heterocycles. The molecule has 0 aliphatic carbocycles. The van der Waals surface area contributed by atoms with Crippen LogP contribution >= 0.6 is 23.2 Å². The summed E-state index contributed by atoms with van der Waals surface area (Å²) in [6.45, 7) is 0.867. The highest BCUT2D eigenvalue weighted by molar-refractivity contribution is 6.37. The lowest BCUT2D eigenvalue weighted by Crippen LogP contribution is -1.98. The van der Waals surface area contributed by atoms with Crippen LogP contribution in [0.25, 0.3) is 0 Å². The van der Waals surface area contributed by atoms with Crippen LogP contribution in [0.2, 0.25) is 10.0 Å². The molecule has 0 radical (unpaired) electrons. The SMILES string of the molecule is OCCCCCCOc1c(Cl)cccc1Cl. The molecule has 90 valence electrons. The van der Waals surface area contributed by atoms with E-state index in [0.717, 1.165) is 25.7 Å². The lowest BCUT2D eigenvalue weighted by molar-refractivity contribution is 0.273. The van der Waals surface area contributed by atoms with Crippen LogP contribution in [0.3, 0.4) is 0 Å². The molecule has 0 aliphatic heterocycles. The number of hydrogen-bond acceptors (Lipinski definition) is 2. The summed E-state index contributed by atoms with van der Waals surface area (Å²) in [7, 11) is 0. The molecule has 0 saturated heterocycles. The van der Waals surface area contributed by atoms with Gasteiger partial charge in [-0.2, -0.15) is 0 Å². The van der Waals surface area contributed by atoms with Gasteiger partial charge in [0.25, 0.3) is 0 Å². The number of para-hydroxylation sites is 1. The fraction of sp³-hybridized carbons (Fsp3) is 0.500. The number of rotatable bonds is 7. The van der Waals surface area contributed by atoms with E-state index in [0.29, 0.717) is 22.4 Å². The minimum atomic E-state index is 0.261. The number of unbranched alkanes of at least 4 members (excludes halogenated alkanes) is 3. The van der Waals surface area contributed by atoms with Crippen LogP contribution in [0, 0.1) is 0 Å². The molecule has 1 aromatic carbocycles. The highest BCUT2D eigenvalue weighted by Crippen LogP contribution is 2.32. The molecule has 1 aromatic rings. The predicted molar refractivity (Wildman–Crippen MR) is 67.5 cm³/mol. The second-order valence-electron chi connectivity index (χ2n) is 3.54. The lowest BCUT2D eigenvalue weighted by Gasteiger charge is -2.09. The number of aliphatic hydroxyl groups excluding tert-OH is 1. The van der Waals surface area contributed by atoms with Gasteiger partial charge >= 0.3 is 0 Å². The van der Waals surface area contributed by atoms with Crippen molar-refractivity contribution in [2.45, 2.75) is 25.7 Å². The molecule has 0 bridgehead atoms. The van der Waals surface area contributed by atoms with E-state index in [4.69, 9.17) is 33.0 Å². The first-order chi connectivity index (χ1) is 7.75. The molecule has 0 atom stereocenters. The van der Waals surface area contributed by atoms with Gasteiger partial charge in [-0.1, -0.05) is 35.7 Å². The van der Waals surface area contributed by atoms with Crippen LogP contribution in [0.4, 0.5) is 0 Å². The molecule has 4 heteroatoms. The normalized spacial score (nSPS) is 10.4. The minimum absolute atomic E-state index is 0.261. The highest BCUT2D eigenvalue weighted by Gasteiger charge is 2.05. The van der Waals surface area contributed by atoms with Gasteiger partial charge in [0.2, 0.25) is 0 Å². The Balaban J connectivity index is 2.26. The van der Waals surface area contributed by atoms with Crippen molar-refractivity contribution in [3.8, 4) is 5.75 Å². The quantitative estimate of drug-likeness (QED) is 0.755. The minimum Gasteiger partial charge on any atom is -0.490 e. The first kappa shape index (κ1) is 13.6. The summed E-state index contributed by atoms with van der Waals surface area (Å²) in [6, 6.07) is 5.31. The zero-order chi connectivity index (χ0) is 11.8. The maximum absolute atomic E-state index is 8.61. The molecule has 0 saturated carbocycles. The van der Waals surface area contributed by atoms with E-state index in [-0.39, 0.29) is 6.61 Å². The second kappa shape index (κ2) is 7.77. The van der Waals surface area contributed by atoms with Crippen LogP contribution in [-0.4, -0.2) is 18.3 Å². The van der Waals surface area contributed by atoms with Crippen LogP contribution in [-0.2, 0) is 0 Å². The summed E-state index contributed by atoms with van der Waals surface area (Å²) in [5.74, 6) is 0.563. The first-order valence-electron chi connectivity index (χ1n) is 5.43. The zero-order valence-corrected chi connectivity index (χ0v) is 10.6. The fourth-order valence-electron chi connectivity index (χ4n) is 1.36. The van der Waals surface area contributed by atoms with E-state index in [1.54, 1.807) is 18.2 Å². The van der Waals surface area contributed by atoms with Crippen LogP contribution in [0.5, 0.6) is 5.75 Å². The van der Waals surface area contributed by atoms with Gasteiger partial charge in [-0.15, -0.1) is 0 Å². The molecule has 0 aromatic heterocycles. The van der Waals surface area contributed by atoms with Gasteiger partial charge < -0.3 is 9.84 Å². The van der Waals surface area contributed by atoms with Crippen molar-refractivity contribution in [2.75, 3.05) is 13.2 Å². The van der Waals surface area contributed by atoms with Gasteiger partial charge in [0.1, 0.15) is 0 Å². The van der Waals surface area contributed by atoms with Crippen molar-refractivity contribution in [3.05, 3.63) is 28.2 Å². The smallest absolute Gasteiger partial charge is 0.156 e. The third-order valence-corrected chi connectivity index (χ3v) is 2.81. The molecule has 0 fully saturated rings. The van der Waals surface area contributed by atoms with Gasteiger partial charge in [-0.25, -0.2) is 0 Å². The Hall–Kier alpha value is -0.440. The van der Waals surface area contributed by atoms with Crippen molar-refractivity contribution < 1.29 is 9.84 Å². The number of ether oxygens (including phenoxy) is 1. The first-order valence-corrected chi connectivity index (χ1v) is 6.19. The number of halogens is 2. The Kier molecular flexibility index (Phi) is 6.62. The van der Waals surface area contributed by atoms with Gasteiger partial charge in [0, 0.05) is 6.61 Å².